The molecule has 0 aromatic carbocycles. The van der Waals surface area contributed by atoms with Gasteiger partial charge in [-0.1, -0.05) is 20.8 Å². The average molecular weight is 168 g/mol. The van der Waals surface area contributed by atoms with Gasteiger partial charge in [0.05, 0.1) is 6.54 Å². The van der Waals surface area contributed by atoms with Crippen molar-refractivity contribution in [2.75, 3.05) is 6.54 Å². The first-order valence-electron chi connectivity index (χ1n) is 4.14. The van der Waals surface area contributed by atoms with E-state index in [1.54, 1.807) is 11.0 Å². The van der Waals surface area contributed by atoms with E-state index in [9.17, 15) is 0 Å². The van der Waals surface area contributed by atoms with Crippen molar-refractivity contribution >= 4 is 0 Å². The fourth-order valence-corrected chi connectivity index (χ4v) is 0.878. The first kappa shape index (κ1) is 9.19. The summed E-state index contributed by atoms with van der Waals surface area (Å²) >= 11 is 0. The molecule has 0 saturated heterocycles. The van der Waals surface area contributed by atoms with E-state index in [2.05, 4.69) is 30.9 Å². The summed E-state index contributed by atoms with van der Waals surface area (Å²) < 4.78 is 1.78. The fourth-order valence-electron chi connectivity index (χ4n) is 0.878. The predicted octanol–water partition coefficient (Wildman–Crippen LogP) is 0.534. The molecule has 1 rings (SSSR count). The van der Waals surface area contributed by atoms with E-state index in [-0.39, 0.29) is 5.41 Å². The quantitative estimate of drug-likeness (QED) is 0.701. The number of nitrogens with zero attached hydrogens (tertiary/aromatic N) is 3. The Balaban J connectivity index is 2.77. The summed E-state index contributed by atoms with van der Waals surface area (Å²) in [5, 5.41) is 4.30. The normalized spacial score (nSPS) is 12.0. The SMILES string of the molecule is CC(C)(C)c1ncn(CCN)n1. The highest BCUT2D eigenvalue weighted by molar-refractivity contribution is 4.98. The second-order valence-electron chi connectivity index (χ2n) is 3.87. The second kappa shape index (κ2) is 3.23. The molecule has 1 heterocycles. The van der Waals surface area contributed by atoms with Crippen molar-refractivity contribution in [3.8, 4) is 0 Å². The molecule has 0 atom stereocenters. The zero-order chi connectivity index (χ0) is 9.19. The molecule has 4 nitrogen and oxygen atoms in total. The summed E-state index contributed by atoms with van der Waals surface area (Å²) in [4.78, 5) is 4.20. The molecule has 1 aromatic heterocycles. The lowest BCUT2D eigenvalue weighted by atomic mass is 9.96. The number of rotatable bonds is 2. The minimum Gasteiger partial charge on any atom is -0.329 e. The molecule has 0 aliphatic heterocycles. The van der Waals surface area contributed by atoms with Gasteiger partial charge in [-0.25, -0.2) is 4.98 Å². The van der Waals surface area contributed by atoms with E-state index in [1.165, 1.54) is 0 Å². The van der Waals surface area contributed by atoms with Gasteiger partial charge in [0.1, 0.15) is 6.33 Å². The minimum atomic E-state index is 0.0276. The van der Waals surface area contributed by atoms with Crippen LogP contribution in [0, 0.1) is 0 Å². The molecule has 0 amide bonds. The van der Waals surface area contributed by atoms with Gasteiger partial charge in [-0.2, -0.15) is 5.10 Å². The largest absolute Gasteiger partial charge is 0.329 e. The van der Waals surface area contributed by atoms with Crippen LogP contribution in [-0.2, 0) is 12.0 Å². The maximum atomic E-state index is 5.39. The zero-order valence-corrected chi connectivity index (χ0v) is 7.91. The van der Waals surface area contributed by atoms with Crippen molar-refractivity contribution in [2.45, 2.75) is 32.7 Å². The van der Waals surface area contributed by atoms with Crippen LogP contribution in [0.5, 0.6) is 0 Å². The Morgan fingerprint density at radius 2 is 2.17 bits per heavy atom. The van der Waals surface area contributed by atoms with Crippen LogP contribution in [0.3, 0.4) is 0 Å². The predicted molar refractivity (Wildman–Crippen MR) is 47.8 cm³/mol. The van der Waals surface area contributed by atoms with E-state index in [1.807, 2.05) is 0 Å². The highest BCUT2D eigenvalue weighted by Crippen LogP contribution is 2.16. The molecule has 4 heteroatoms. The monoisotopic (exact) mass is 168 g/mol. The molecule has 12 heavy (non-hydrogen) atoms. The third kappa shape index (κ3) is 2.04. The molecule has 0 unspecified atom stereocenters. The van der Waals surface area contributed by atoms with Crippen LogP contribution in [0.25, 0.3) is 0 Å². The van der Waals surface area contributed by atoms with Crippen LogP contribution < -0.4 is 5.73 Å². The first-order valence-corrected chi connectivity index (χ1v) is 4.14. The standard InChI is InChI=1S/C8H16N4/c1-8(2,3)7-10-6-12(11-7)5-4-9/h6H,4-5,9H2,1-3H3. The van der Waals surface area contributed by atoms with Crippen molar-refractivity contribution in [1.82, 2.24) is 14.8 Å². The van der Waals surface area contributed by atoms with Gasteiger partial charge in [0.15, 0.2) is 5.82 Å². The molecule has 68 valence electrons. The maximum absolute atomic E-state index is 5.39. The highest BCUT2D eigenvalue weighted by atomic mass is 15.3. The smallest absolute Gasteiger partial charge is 0.155 e. The lowest BCUT2D eigenvalue weighted by molar-refractivity contribution is 0.526. The molecule has 2 N–H and O–H groups in total. The van der Waals surface area contributed by atoms with Crippen LogP contribution in [0.15, 0.2) is 6.33 Å². The highest BCUT2D eigenvalue weighted by Gasteiger charge is 2.18. The van der Waals surface area contributed by atoms with Gasteiger partial charge >= 0.3 is 0 Å². The van der Waals surface area contributed by atoms with E-state index in [0.29, 0.717) is 6.54 Å². The lowest BCUT2D eigenvalue weighted by Crippen LogP contribution is -2.15. The maximum Gasteiger partial charge on any atom is 0.155 e. The number of aromatic nitrogens is 3. The Morgan fingerprint density at radius 3 is 2.58 bits per heavy atom. The first-order chi connectivity index (χ1) is 5.54. The summed E-state index contributed by atoms with van der Waals surface area (Å²) in [6.45, 7) is 7.62. The molecular formula is C8H16N4. The summed E-state index contributed by atoms with van der Waals surface area (Å²) in [6.07, 6.45) is 1.73. The van der Waals surface area contributed by atoms with Crippen molar-refractivity contribution in [3.63, 3.8) is 0 Å². The Bertz CT molecular complexity index is 246. The molecule has 0 aliphatic rings. The average Bonchev–Trinajstić information content (AvgIpc) is 2.35. The molecule has 0 aliphatic carbocycles. The van der Waals surface area contributed by atoms with E-state index < -0.39 is 0 Å². The number of hydrogen-bond acceptors (Lipinski definition) is 3. The van der Waals surface area contributed by atoms with Gasteiger partial charge in [0, 0.05) is 12.0 Å². The molecule has 0 saturated carbocycles. The van der Waals surface area contributed by atoms with Crippen LogP contribution in [-0.4, -0.2) is 21.3 Å². The van der Waals surface area contributed by atoms with Crippen LogP contribution in [0.1, 0.15) is 26.6 Å². The van der Waals surface area contributed by atoms with Crippen molar-refractivity contribution < 1.29 is 0 Å². The van der Waals surface area contributed by atoms with Crippen LogP contribution >= 0.6 is 0 Å². The van der Waals surface area contributed by atoms with Gasteiger partial charge in [-0.3, -0.25) is 4.68 Å². The summed E-state index contributed by atoms with van der Waals surface area (Å²) in [5.41, 5.74) is 5.42. The summed E-state index contributed by atoms with van der Waals surface area (Å²) in [7, 11) is 0. The van der Waals surface area contributed by atoms with Gasteiger partial charge in [0.2, 0.25) is 0 Å². The molecule has 0 radical (unpaired) electrons. The number of hydrogen-bond donors (Lipinski definition) is 1. The Kier molecular flexibility index (Phi) is 2.47. The van der Waals surface area contributed by atoms with Gasteiger partial charge in [0.25, 0.3) is 0 Å². The van der Waals surface area contributed by atoms with E-state index in [0.717, 1.165) is 12.4 Å². The lowest BCUT2D eigenvalue weighted by Gasteiger charge is -2.12. The van der Waals surface area contributed by atoms with Gasteiger partial charge in [-0.05, 0) is 0 Å². The Labute approximate surface area is 72.8 Å². The minimum absolute atomic E-state index is 0.0276. The topological polar surface area (TPSA) is 56.7 Å². The van der Waals surface area contributed by atoms with Crippen molar-refractivity contribution in [2.24, 2.45) is 5.73 Å². The third-order valence-electron chi connectivity index (χ3n) is 1.57. The molecule has 0 spiro atoms. The fraction of sp³-hybridized carbons (Fsp3) is 0.750. The van der Waals surface area contributed by atoms with E-state index >= 15 is 0 Å². The van der Waals surface area contributed by atoms with Gasteiger partial charge < -0.3 is 5.73 Å². The van der Waals surface area contributed by atoms with Crippen molar-refractivity contribution in [3.05, 3.63) is 12.2 Å². The summed E-state index contributed by atoms with van der Waals surface area (Å²) in [6, 6.07) is 0. The number of nitrogens with two attached hydrogens (primary N) is 1. The molecule has 1 aromatic rings. The third-order valence-corrected chi connectivity index (χ3v) is 1.57. The van der Waals surface area contributed by atoms with Crippen molar-refractivity contribution in [1.29, 1.82) is 0 Å². The summed E-state index contributed by atoms with van der Waals surface area (Å²) in [5.74, 6) is 0.871. The zero-order valence-electron chi connectivity index (χ0n) is 7.91. The molecule has 0 fully saturated rings. The molecular weight excluding hydrogens is 152 g/mol. The van der Waals surface area contributed by atoms with Gasteiger partial charge in [-0.15, -0.1) is 0 Å². The van der Waals surface area contributed by atoms with Crippen LogP contribution in [0.2, 0.25) is 0 Å². The van der Waals surface area contributed by atoms with Crippen LogP contribution in [0.4, 0.5) is 0 Å². The second-order valence-corrected chi connectivity index (χ2v) is 3.87. The Hall–Kier alpha value is -0.900. The van der Waals surface area contributed by atoms with E-state index in [4.69, 9.17) is 5.73 Å². The Morgan fingerprint density at radius 1 is 1.50 bits per heavy atom. The molecule has 0 bridgehead atoms.